The van der Waals surface area contributed by atoms with Crippen molar-refractivity contribution in [1.82, 2.24) is 4.57 Å². The highest BCUT2D eigenvalue weighted by atomic mass is 32.2. The van der Waals surface area contributed by atoms with E-state index in [1.54, 1.807) is 16.7 Å². The summed E-state index contributed by atoms with van der Waals surface area (Å²) < 4.78 is 32.3. The molecule has 0 fully saturated rings. The molecule has 2 aromatic carbocycles. The summed E-state index contributed by atoms with van der Waals surface area (Å²) >= 11 is 1.19. The lowest BCUT2D eigenvalue weighted by atomic mass is 10.2. The third-order valence-corrected chi connectivity index (χ3v) is 6.14. The molecule has 7 heteroatoms. The predicted octanol–water partition coefficient (Wildman–Crippen LogP) is 3.41. The number of aryl methyl sites for hydroxylation is 1. The van der Waals surface area contributed by atoms with Crippen LogP contribution in [0.2, 0.25) is 0 Å². The molecule has 0 unspecified atom stereocenters. The molecule has 5 nitrogen and oxygen atoms in total. The second-order valence-corrected chi connectivity index (χ2v) is 8.71. The minimum absolute atomic E-state index is 0.0207. The zero-order valence-electron chi connectivity index (χ0n) is 14.0. The molecule has 0 amide bonds. The van der Waals surface area contributed by atoms with Gasteiger partial charge in [-0.05, 0) is 37.1 Å². The summed E-state index contributed by atoms with van der Waals surface area (Å²) in [6.07, 6.45) is 0. The summed E-state index contributed by atoms with van der Waals surface area (Å²) in [4.78, 5) is 12.2. The lowest BCUT2D eigenvalue weighted by Crippen LogP contribution is -2.22. The van der Waals surface area contributed by atoms with Gasteiger partial charge in [0.15, 0.2) is 0 Å². The first-order valence-electron chi connectivity index (χ1n) is 7.91. The van der Waals surface area contributed by atoms with Gasteiger partial charge in [0, 0.05) is 6.54 Å². The first-order valence-corrected chi connectivity index (χ1v) is 10.1. The van der Waals surface area contributed by atoms with E-state index in [0.717, 1.165) is 15.8 Å². The Morgan fingerprint density at radius 3 is 2.52 bits per heavy atom. The van der Waals surface area contributed by atoms with E-state index in [1.165, 1.54) is 23.5 Å². The molecule has 0 bridgehead atoms. The monoisotopic (exact) mass is 377 g/mol. The van der Waals surface area contributed by atoms with E-state index in [1.807, 2.05) is 38.1 Å². The smallest absolute Gasteiger partial charge is 0.298 e. The van der Waals surface area contributed by atoms with Crippen molar-refractivity contribution in [3.63, 3.8) is 0 Å². The SMILES string of the molecule is Cc1ccc(S(=O)(=O)OC[C@H](C)Cn2c(=O)sc3ccccc32)cc1. The van der Waals surface area contributed by atoms with Gasteiger partial charge in [0.2, 0.25) is 0 Å². The van der Waals surface area contributed by atoms with E-state index in [9.17, 15) is 13.2 Å². The van der Waals surface area contributed by atoms with Crippen LogP contribution < -0.4 is 4.87 Å². The van der Waals surface area contributed by atoms with Gasteiger partial charge in [0.05, 0.1) is 21.7 Å². The summed E-state index contributed by atoms with van der Waals surface area (Å²) in [7, 11) is -3.79. The van der Waals surface area contributed by atoms with Crippen molar-refractivity contribution in [3.05, 3.63) is 63.8 Å². The molecule has 0 saturated carbocycles. The van der Waals surface area contributed by atoms with Gasteiger partial charge < -0.3 is 0 Å². The number of benzene rings is 2. The molecule has 3 aromatic rings. The number of aromatic nitrogens is 1. The fourth-order valence-electron chi connectivity index (χ4n) is 2.53. The number of nitrogens with zero attached hydrogens (tertiary/aromatic N) is 1. The summed E-state index contributed by atoms with van der Waals surface area (Å²) in [5.74, 6) is -0.129. The van der Waals surface area contributed by atoms with Gasteiger partial charge in [-0.25, -0.2) is 0 Å². The van der Waals surface area contributed by atoms with Crippen molar-refractivity contribution in [2.45, 2.75) is 25.3 Å². The minimum atomic E-state index is -3.79. The van der Waals surface area contributed by atoms with Gasteiger partial charge >= 0.3 is 4.87 Å². The summed E-state index contributed by atoms with van der Waals surface area (Å²) in [5.41, 5.74) is 1.85. The second kappa shape index (κ2) is 7.11. The maximum Gasteiger partial charge on any atom is 0.308 e. The van der Waals surface area contributed by atoms with E-state index in [0.29, 0.717) is 6.54 Å². The molecule has 1 atom stereocenters. The highest BCUT2D eigenvalue weighted by molar-refractivity contribution is 7.86. The van der Waals surface area contributed by atoms with Gasteiger partial charge in [-0.3, -0.25) is 13.5 Å². The molecule has 1 aromatic heterocycles. The van der Waals surface area contributed by atoms with Crippen LogP contribution in [0.25, 0.3) is 10.2 Å². The fraction of sp³-hybridized carbons (Fsp3) is 0.278. The van der Waals surface area contributed by atoms with Gasteiger partial charge in [0.1, 0.15) is 0 Å². The second-order valence-electron chi connectivity index (χ2n) is 6.10. The first-order chi connectivity index (χ1) is 11.9. The van der Waals surface area contributed by atoms with Crippen LogP contribution in [-0.2, 0) is 20.8 Å². The Kier molecular flexibility index (Phi) is 5.08. The predicted molar refractivity (Wildman–Crippen MR) is 99.6 cm³/mol. The van der Waals surface area contributed by atoms with Gasteiger partial charge in [0.25, 0.3) is 10.1 Å². The molecule has 3 rings (SSSR count). The lowest BCUT2D eigenvalue weighted by molar-refractivity contribution is 0.250. The fourth-order valence-corrected chi connectivity index (χ4v) is 4.45. The van der Waals surface area contributed by atoms with Crippen LogP contribution in [0.4, 0.5) is 0 Å². The zero-order chi connectivity index (χ0) is 18.0. The van der Waals surface area contributed by atoms with Gasteiger partial charge in [-0.1, -0.05) is 48.1 Å². The quantitative estimate of drug-likeness (QED) is 0.618. The summed E-state index contributed by atoms with van der Waals surface area (Å²) in [5, 5.41) is 0. The standard InChI is InChI=1S/C18H19NO4S2/c1-13-7-9-15(10-8-13)25(21,22)23-12-14(2)11-19-16-5-3-4-6-17(16)24-18(19)20/h3-10,14H,11-12H2,1-2H3/t14-/m1/s1. The molecule has 132 valence electrons. The Labute approximate surface area is 150 Å². The Morgan fingerprint density at radius 1 is 1.12 bits per heavy atom. The van der Waals surface area contributed by atoms with Crippen LogP contribution in [-0.4, -0.2) is 19.6 Å². The third kappa shape index (κ3) is 4.00. The number of hydrogen-bond donors (Lipinski definition) is 0. The van der Waals surface area contributed by atoms with Crippen LogP contribution in [0, 0.1) is 12.8 Å². The third-order valence-electron chi connectivity index (χ3n) is 3.89. The molecule has 0 N–H and O–H groups in total. The van der Waals surface area contributed by atoms with E-state index in [4.69, 9.17) is 4.18 Å². The van der Waals surface area contributed by atoms with Crippen molar-refractivity contribution >= 4 is 31.7 Å². The van der Waals surface area contributed by atoms with E-state index in [-0.39, 0.29) is 22.3 Å². The molecule has 0 radical (unpaired) electrons. The topological polar surface area (TPSA) is 65.4 Å². The van der Waals surface area contributed by atoms with E-state index in [2.05, 4.69) is 0 Å². The van der Waals surface area contributed by atoms with Crippen LogP contribution >= 0.6 is 11.3 Å². The molecule has 0 spiro atoms. The zero-order valence-corrected chi connectivity index (χ0v) is 15.6. The maximum atomic E-state index is 12.2. The number of hydrogen-bond acceptors (Lipinski definition) is 5. The molecule has 25 heavy (non-hydrogen) atoms. The summed E-state index contributed by atoms with van der Waals surface area (Å²) in [6, 6.07) is 14.1. The van der Waals surface area contributed by atoms with Crippen molar-refractivity contribution in [1.29, 1.82) is 0 Å². The van der Waals surface area contributed by atoms with E-state index >= 15 is 0 Å². The molecule has 0 saturated heterocycles. The molecule has 0 aliphatic rings. The molecular weight excluding hydrogens is 358 g/mol. The van der Waals surface area contributed by atoms with Crippen molar-refractivity contribution in [2.75, 3.05) is 6.61 Å². The highest BCUT2D eigenvalue weighted by Gasteiger charge is 2.18. The first kappa shape index (κ1) is 17.8. The van der Waals surface area contributed by atoms with Crippen LogP contribution in [0.3, 0.4) is 0 Å². The van der Waals surface area contributed by atoms with Crippen molar-refractivity contribution < 1.29 is 12.6 Å². The number of para-hydroxylation sites is 1. The maximum absolute atomic E-state index is 12.2. The Morgan fingerprint density at radius 2 is 1.80 bits per heavy atom. The Balaban J connectivity index is 1.70. The molecular formula is C18H19NO4S2. The number of fused-ring (bicyclic) bond motifs is 1. The van der Waals surface area contributed by atoms with Crippen molar-refractivity contribution in [2.24, 2.45) is 5.92 Å². The largest absolute Gasteiger partial charge is 0.308 e. The minimum Gasteiger partial charge on any atom is -0.298 e. The van der Waals surface area contributed by atoms with E-state index < -0.39 is 10.1 Å². The number of rotatable bonds is 6. The Hall–Kier alpha value is -1.96. The van der Waals surface area contributed by atoms with Crippen molar-refractivity contribution in [3.8, 4) is 0 Å². The number of thiazole rings is 1. The lowest BCUT2D eigenvalue weighted by Gasteiger charge is -2.13. The van der Waals surface area contributed by atoms with Crippen LogP contribution in [0.5, 0.6) is 0 Å². The summed E-state index contributed by atoms with van der Waals surface area (Å²) in [6.45, 7) is 4.19. The average molecular weight is 377 g/mol. The average Bonchev–Trinajstić information content (AvgIpc) is 2.89. The molecule has 1 heterocycles. The van der Waals surface area contributed by atoms with Gasteiger partial charge in [-0.2, -0.15) is 8.42 Å². The molecule has 0 aliphatic heterocycles. The highest BCUT2D eigenvalue weighted by Crippen LogP contribution is 2.19. The van der Waals surface area contributed by atoms with Crippen LogP contribution in [0.1, 0.15) is 12.5 Å². The van der Waals surface area contributed by atoms with Crippen LogP contribution in [0.15, 0.2) is 58.2 Å². The van der Waals surface area contributed by atoms with Gasteiger partial charge in [-0.15, -0.1) is 0 Å². The Bertz CT molecular complexity index is 1030. The molecule has 0 aliphatic carbocycles. The normalized spacial score (nSPS) is 13.2.